The second kappa shape index (κ2) is 8.83. The average molecular weight is 355 g/mol. The van der Waals surface area contributed by atoms with Gasteiger partial charge in [-0.3, -0.25) is 9.69 Å². The van der Waals surface area contributed by atoms with E-state index in [-0.39, 0.29) is 17.4 Å². The number of hydrogen-bond donors (Lipinski definition) is 0. The molecule has 25 heavy (non-hydrogen) atoms. The summed E-state index contributed by atoms with van der Waals surface area (Å²) in [6.07, 6.45) is 2.98. The summed E-state index contributed by atoms with van der Waals surface area (Å²) in [4.78, 5) is 17.0. The monoisotopic (exact) mass is 354 g/mol. The van der Waals surface area contributed by atoms with Gasteiger partial charge in [-0.25, -0.2) is 0 Å². The minimum absolute atomic E-state index is 0.0346. The molecule has 0 spiro atoms. The van der Waals surface area contributed by atoms with Gasteiger partial charge in [0.25, 0.3) is 0 Å². The number of nitrogens with zero attached hydrogens (tertiary/aromatic N) is 2. The van der Waals surface area contributed by atoms with Crippen LogP contribution in [0.5, 0.6) is 0 Å². The molecular formula is C20H38N2O3. The summed E-state index contributed by atoms with van der Waals surface area (Å²) in [7, 11) is 0. The number of hydrogen-bond acceptors (Lipinski definition) is 4. The number of morpholine rings is 2. The predicted octanol–water partition coefficient (Wildman–Crippen LogP) is 2.79. The third kappa shape index (κ3) is 7.63. The zero-order valence-electron chi connectivity index (χ0n) is 17.0. The molecule has 2 rings (SSSR count). The van der Waals surface area contributed by atoms with Crippen molar-refractivity contribution in [3.8, 4) is 0 Å². The summed E-state index contributed by atoms with van der Waals surface area (Å²) in [5.41, 5.74) is 0.338. The Hall–Kier alpha value is -0.650. The van der Waals surface area contributed by atoms with Crippen LogP contribution in [0.1, 0.15) is 53.9 Å². The van der Waals surface area contributed by atoms with E-state index in [1.807, 2.05) is 4.90 Å². The van der Waals surface area contributed by atoms with Crippen molar-refractivity contribution in [3.05, 3.63) is 0 Å². The second-order valence-corrected chi connectivity index (χ2v) is 9.64. The zero-order chi connectivity index (χ0) is 18.5. The van der Waals surface area contributed by atoms with E-state index in [1.165, 1.54) is 6.42 Å². The first-order valence-electron chi connectivity index (χ1n) is 9.84. The van der Waals surface area contributed by atoms with Crippen molar-refractivity contribution in [2.45, 2.75) is 60.0 Å². The normalized spacial score (nSPS) is 23.7. The van der Waals surface area contributed by atoms with E-state index in [9.17, 15) is 4.79 Å². The summed E-state index contributed by atoms with van der Waals surface area (Å²) in [5, 5.41) is 0. The maximum absolute atomic E-state index is 12.6. The number of carbonyl (C=O) groups is 1. The maximum atomic E-state index is 12.6. The summed E-state index contributed by atoms with van der Waals surface area (Å²) >= 11 is 0. The molecule has 2 saturated heterocycles. The van der Waals surface area contributed by atoms with E-state index in [0.717, 1.165) is 45.8 Å². The molecule has 5 nitrogen and oxygen atoms in total. The molecule has 2 aliphatic rings. The van der Waals surface area contributed by atoms with Crippen LogP contribution < -0.4 is 0 Å². The predicted molar refractivity (Wildman–Crippen MR) is 101 cm³/mol. The first-order valence-corrected chi connectivity index (χ1v) is 9.84. The minimum Gasteiger partial charge on any atom is -0.378 e. The molecule has 0 aromatic heterocycles. The molecule has 0 saturated carbocycles. The van der Waals surface area contributed by atoms with Gasteiger partial charge in [0, 0.05) is 32.6 Å². The van der Waals surface area contributed by atoms with Gasteiger partial charge in [-0.15, -0.1) is 0 Å². The fraction of sp³-hybridized carbons (Fsp3) is 0.950. The fourth-order valence-corrected chi connectivity index (χ4v) is 3.62. The highest BCUT2D eigenvalue weighted by Crippen LogP contribution is 2.30. The molecule has 1 unspecified atom stereocenters. The fourth-order valence-electron chi connectivity index (χ4n) is 3.62. The van der Waals surface area contributed by atoms with Crippen LogP contribution in [0.25, 0.3) is 0 Å². The van der Waals surface area contributed by atoms with Crippen LogP contribution in [0, 0.1) is 10.8 Å². The molecule has 5 heteroatoms. The number of carbonyl (C=O) groups excluding carboxylic acids is 1. The maximum Gasteiger partial charge on any atom is 0.223 e. The molecule has 2 aliphatic heterocycles. The largest absolute Gasteiger partial charge is 0.378 e. The Balaban J connectivity index is 1.79. The van der Waals surface area contributed by atoms with Crippen LogP contribution in [0.2, 0.25) is 0 Å². The van der Waals surface area contributed by atoms with Gasteiger partial charge in [-0.1, -0.05) is 34.6 Å². The Morgan fingerprint density at radius 3 is 2.36 bits per heavy atom. The lowest BCUT2D eigenvalue weighted by Crippen LogP contribution is -2.46. The van der Waals surface area contributed by atoms with Crippen molar-refractivity contribution in [3.63, 3.8) is 0 Å². The molecule has 0 aliphatic carbocycles. The average Bonchev–Trinajstić information content (AvgIpc) is 2.52. The minimum atomic E-state index is -0.0346. The van der Waals surface area contributed by atoms with Crippen LogP contribution in [-0.4, -0.2) is 74.4 Å². The molecule has 0 aromatic carbocycles. The Morgan fingerprint density at radius 1 is 1.04 bits per heavy atom. The van der Waals surface area contributed by atoms with E-state index in [2.05, 4.69) is 39.5 Å². The first-order chi connectivity index (χ1) is 11.6. The molecule has 0 bridgehead atoms. The van der Waals surface area contributed by atoms with Gasteiger partial charge in [0.2, 0.25) is 5.91 Å². The third-order valence-corrected chi connectivity index (χ3v) is 5.17. The molecule has 1 amide bonds. The molecule has 2 heterocycles. The van der Waals surface area contributed by atoms with E-state index in [4.69, 9.17) is 9.47 Å². The Bertz CT molecular complexity index is 425. The molecule has 0 aromatic rings. The number of amides is 1. The lowest BCUT2D eigenvalue weighted by Gasteiger charge is -2.38. The SMILES string of the molecule is CC(C)(C)CCN1CCOC(CC(C)(C)CC(=O)N2CCOCC2)C1. The zero-order valence-corrected chi connectivity index (χ0v) is 17.0. The molecule has 146 valence electrons. The Labute approximate surface area is 154 Å². The van der Waals surface area contributed by atoms with Gasteiger partial charge in [0.05, 0.1) is 25.9 Å². The highest BCUT2D eigenvalue weighted by atomic mass is 16.5. The van der Waals surface area contributed by atoms with Crippen LogP contribution in [0.4, 0.5) is 0 Å². The molecular weight excluding hydrogens is 316 g/mol. The standard InChI is InChI=1S/C20H38N2O3/c1-19(2,3)6-7-21-8-13-25-17(16-21)14-20(4,5)15-18(23)22-9-11-24-12-10-22/h17H,6-16H2,1-5H3. The van der Waals surface area contributed by atoms with Crippen LogP contribution in [0.3, 0.4) is 0 Å². The van der Waals surface area contributed by atoms with Gasteiger partial charge >= 0.3 is 0 Å². The van der Waals surface area contributed by atoms with Crippen molar-refractivity contribution in [1.29, 1.82) is 0 Å². The van der Waals surface area contributed by atoms with Crippen molar-refractivity contribution in [2.75, 3.05) is 52.5 Å². The third-order valence-electron chi connectivity index (χ3n) is 5.17. The second-order valence-electron chi connectivity index (χ2n) is 9.64. The van der Waals surface area contributed by atoms with Crippen LogP contribution >= 0.6 is 0 Å². The number of rotatable bonds is 6. The summed E-state index contributed by atoms with van der Waals surface area (Å²) < 4.78 is 11.4. The van der Waals surface area contributed by atoms with Crippen molar-refractivity contribution in [1.82, 2.24) is 9.80 Å². The molecule has 1 atom stereocenters. The van der Waals surface area contributed by atoms with Crippen LogP contribution in [0.15, 0.2) is 0 Å². The van der Waals surface area contributed by atoms with E-state index < -0.39 is 0 Å². The van der Waals surface area contributed by atoms with Gasteiger partial charge in [0.1, 0.15) is 0 Å². The quantitative estimate of drug-likeness (QED) is 0.735. The highest BCUT2D eigenvalue weighted by molar-refractivity contribution is 5.76. The highest BCUT2D eigenvalue weighted by Gasteiger charge is 2.31. The smallest absolute Gasteiger partial charge is 0.223 e. The van der Waals surface area contributed by atoms with Crippen molar-refractivity contribution < 1.29 is 14.3 Å². The lowest BCUT2D eigenvalue weighted by molar-refractivity contribution is -0.138. The molecule has 0 N–H and O–H groups in total. The summed E-state index contributed by atoms with van der Waals surface area (Å²) in [6.45, 7) is 18.0. The van der Waals surface area contributed by atoms with E-state index >= 15 is 0 Å². The van der Waals surface area contributed by atoms with E-state index in [0.29, 0.717) is 25.0 Å². The number of ether oxygens (including phenoxy) is 2. The van der Waals surface area contributed by atoms with E-state index in [1.54, 1.807) is 0 Å². The Morgan fingerprint density at radius 2 is 1.72 bits per heavy atom. The molecule has 2 fully saturated rings. The lowest BCUT2D eigenvalue weighted by atomic mass is 9.82. The topological polar surface area (TPSA) is 42.0 Å². The Kier molecular flexibility index (Phi) is 7.29. The summed E-state index contributed by atoms with van der Waals surface area (Å²) in [5.74, 6) is 0.258. The van der Waals surface area contributed by atoms with Crippen LogP contribution in [-0.2, 0) is 14.3 Å². The molecule has 0 radical (unpaired) electrons. The van der Waals surface area contributed by atoms with Gasteiger partial charge in [0.15, 0.2) is 0 Å². The van der Waals surface area contributed by atoms with Gasteiger partial charge in [-0.2, -0.15) is 0 Å². The van der Waals surface area contributed by atoms with Crippen molar-refractivity contribution >= 4 is 5.91 Å². The summed E-state index contributed by atoms with van der Waals surface area (Å²) in [6, 6.07) is 0. The van der Waals surface area contributed by atoms with Crippen molar-refractivity contribution in [2.24, 2.45) is 10.8 Å². The first kappa shape index (κ1) is 20.7. The van der Waals surface area contributed by atoms with Gasteiger partial charge < -0.3 is 14.4 Å². The van der Waals surface area contributed by atoms with Gasteiger partial charge in [-0.05, 0) is 30.2 Å².